The van der Waals surface area contributed by atoms with Crippen LogP contribution in [0.15, 0.2) is 29.7 Å². The van der Waals surface area contributed by atoms with E-state index in [0.717, 1.165) is 0 Å². The zero-order valence-electron chi connectivity index (χ0n) is 7.91. The van der Waals surface area contributed by atoms with Gasteiger partial charge in [-0.3, -0.25) is 0 Å². The topological polar surface area (TPSA) is 43.4 Å². The van der Waals surface area contributed by atoms with Crippen LogP contribution in [0.25, 0.3) is 0 Å². The van der Waals surface area contributed by atoms with Crippen molar-refractivity contribution in [3.63, 3.8) is 0 Å². The molecule has 0 atom stereocenters. The molecule has 0 bridgehead atoms. The van der Waals surface area contributed by atoms with E-state index >= 15 is 0 Å². The first-order chi connectivity index (χ1) is 7.36. The molecule has 0 aliphatic carbocycles. The number of benzene rings is 1. The minimum absolute atomic E-state index is 0.0774. The van der Waals surface area contributed by atoms with Crippen molar-refractivity contribution >= 4 is 42.9 Å². The molecule has 0 aliphatic heterocycles. The Labute approximate surface area is 108 Å². The molecule has 7 heteroatoms. The molecule has 0 spiro atoms. The molecule has 0 unspecified atom stereocenters. The third-order valence-electron chi connectivity index (χ3n) is 1.60. The van der Waals surface area contributed by atoms with Crippen molar-refractivity contribution in [3.05, 3.63) is 34.8 Å². The highest BCUT2D eigenvalue weighted by atomic mass is 35.7. The number of ether oxygens (including phenoxy) is 1. The third kappa shape index (κ3) is 3.28. The lowest BCUT2D eigenvalue weighted by atomic mass is 10.3. The molecule has 0 heterocycles. The highest BCUT2D eigenvalue weighted by Gasteiger charge is 2.16. The van der Waals surface area contributed by atoms with Crippen LogP contribution in [0.3, 0.4) is 0 Å². The first-order valence-electron chi connectivity index (χ1n) is 4.03. The monoisotopic (exact) mass is 300 g/mol. The standard InChI is InChI=1S/C9H7Cl3O3S/c1-2-3-15-9-7(10)4-6(5-8(9)11)16(12,13)14/h2,4-5H,1,3H2. The van der Waals surface area contributed by atoms with Gasteiger partial charge in [0.15, 0.2) is 5.75 Å². The summed E-state index contributed by atoms with van der Waals surface area (Å²) >= 11 is 11.6. The molecular formula is C9H7Cl3O3S. The Bertz CT molecular complexity index is 488. The molecule has 1 aromatic rings. The van der Waals surface area contributed by atoms with E-state index in [1.54, 1.807) is 0 Å². The van der Waals surface area contributed by atoms with Gasteiger partial charge in [-0.2, -0.15) is 0 Å². The molecule has 0 fully saturated rings. The fraction of sp³-hybridized carbons (Fsp3) is 0.111. The average Bonchev–Trinajstić information content (AvgIpc) is 2.15. The van der Waals surface area contributed by atoms with Gasteiger partial charge >= 0.3 is 0 Å². The Morgan fingerprint density at radius 1 is 1.31 bits per heavy atom. The van der Waals surface area contributed by atoms with Crippen LogP contribution in [-0.4, -0.2) is 15.0 Å². The highest BCUT2D eigenvalue weighted by molar-refractivity contribution is 8.13. The lowest BCUT2D eigenvalue weighted by molar-refractivity contribution is 0.363. The second kappa shape index (κ2) is 5.27. The normalized spacial score (nSPS) is 11.2. The molecule has 0 amide bonds. The Morgan fingerprint density at radius 2 is 1.81 bits per heavy atom. The summed E-state index contributed by atoms with van der Waals surface area (Å²) in [7, 11) is 1.30. The Kier molecular flexibility index (Phi) is 4.50. The summed E-state index contributed by atoms with van der Waals surface area (Å²) in [5.74, 6) is 0.201. The van der Waals surface area contributed by atoms with Gasteiger partial charge < -0.3 is 4.74 Å². The molecule has 0 N–H and O–H groups in total. The number of hydrogen-bond acceptors (Lipinski definition) is 3. The predicted octanol–water partition coefficient (Wildman–Crippen LogP) is 3.49. The van der Waals surface area contributed by atoms with Crippen molar-refractivity contribution in [2.45, 2.75) is 4.90 Å². The van der Waals surface area contributed by atoms with Crippen LogP contribution in [-0.2, 0) is 9.05 Å². The average molecular weight is 302 g/mol. The quantitative estimate of drug-likeness (QED) is 0.631. The van der Waals surface area contributed by atoms with Crippen LogP contribution in [0.5, 0.6) is 5.75 Å². The van der Waals surface area contributed by atoms with E-state index in [9.17, 15) is 8.42 Å². The van der Waals surface area contributed by atoms with Gasteiger partial charge in [0.05, 0.1) is 14.9 Å². The minimum atomic E-state index is -3.86. The van der Waals surface area contributed by atoms with Crippen molar-refractivity contribution in [3.8, 4) is 5.75 Å². The molecule has 0 aliphatic rings. The van der Waals surface area contributed by atoms with Gasteiger partial charge in [-0.1, -0.05) is 35.9 Å². The third-order valence-corrected chi connectivity index (χ3v) is 3.49. The Balaban J connectivity index is 3.22. The largest absolute Gasteiger partial charge is 0.486 e. The molecule has 0 radical (unpaired) electrons. The molecule has 0 aromatic heterocycles. The Hall–Kier alpha value is -0.420. The van der Waals surface area contributed by atoms with Crippen LogP contribution < -0.4 is 4.74 Å². The van der Waals surface area contributed by atoms with E-state index in [-0.39, 0.29) is 27.3 Å². The van der Waals surface area contributed by atoms with Gasteiger partial charge in [-0.05, 0) is 12.1 Å². The summed E-state index contributed by atoms with van der Waals surface area (Å²) in [5, 5.41) is 0.155. The van der Waals surface area contributed by atoms with E-state index in [2.05, 4.69) is 6.58 Å². The molecule has 16 heavy (non-hydrogen) atoms. The van der Waals surface area contributed by atoms with Crippen molar-refractivity contribution < 1.29 is 13.2 Å². The zero-order valence-corrected chi connectivity index (χ0v) is 11.0. The number of halogens is 3. The number of hydrogen-bond donors (Lipinski definition) is 0. The van der Waals surface area contributed by atoms with Crippen molar-refractivity contribution in [1.82, 2.24) is 0 Å². The van der Waals surface area contributed by atoms with Crippen molar-refractivity contribution in [1.29, 1.82) is 0 Å². The fourth-order valence-electron chi connectivity index (χ4n) is 0.958. The van der Waals surface area contributed by atoms with E-state index in [1.807, 2.05) is 0 Å². The lowest BCUT2D eigenvalue weighted by Gasteiger charge is -2.09. The van der Waals surface area contributed by atoms with E-state index in [0.29, 0.717) is 0 Å². The van der Waals surface area contributed by atoms with E-state index < -0.39 is 9.05 Å². The van der Waals surface area contributed by atoms with E-state index in [1.165, 1.54) is 18.2 Å². The van der Waals surface area contributed by atoms with Gasteiger partial charge in [-0.25, -0.2) is 8.42 Å². The maximum Gasteiger partial charge on any atom is 0.261 e. The maximum atomic E-state index is 11.1. The van der Waals surface area contributed by atoms with E-state index in [4.69, 9.17) is 38.6 Å². The summed E-state index contributed by atoms with van der Waals surface area (Å²) in [6.45, 7) is 3.68. The van der Waals surface area contributed by atoms with Gasteiger partial charge in [0.1, 0.15) is 6.61 Å². The summed E-state index contributed by atoms with van der Waals surface area (Å²) in [5.41, 5.74) is 0. The van der Waals surface area contributed by atoms with Crippen molar-refractivity contribution in [2.24, 2.45) is 0 Å². The zero-order chi connectivity index (χ0) is 12.3. The summed E-state index contributed by atoms with van der Waals surface area (Å²) < 4.78 is 27.3. The van der Waals surface area contributed by atoms with Gasteiger partial charge in [0, 0.05) is 10.7 Å². The van der Waals surface area contributed by atoms with Crippen LogP contribution in [0.4, 0.5) is 0 Å². The molecule has 88 valence electrons. The predicted molar refractivity (Wildman–Crippen MR) is 65.2 cm³/mol. The Morgan fingerprint density at radius 3 is 2.19 bits per heavy atom. The van der Waals surface area contributed by atoms with Crippen LogP contribution in [0.2, 0.25) is 10.0 Å². The van der Waals surface area contributed by atoms with Crippen LogP contribution >= 0.6 is 33.9 Å². The van der Waals surface area contributed by atoms with Gasteiger partial charge in [0.2, 0.25) is 0 Å². The summed E-state index contributed by atoms with van der Waals surface area (Å²) in [6.07, 6.45) is 1.51. The minimum Gasteiger partial charge on any atom is -0.486 e. The first-order valence-corrected chi connectivity index (χ1v) is 7.10. The highest BCUT2D eigenvalue weighted by Crippen LogP contribution is 2.36. The fourth-order valence-corrected chi connectivity index (χ4v) is 2.47. The lowest BCUT2D eigenvalue weighted by Crippen LogP contribution is -1.97. The second-order valence-electron chi connectivity index (χ2n) is 2.75. The molecule has 1 rings (SSSR count). The molecule has 3 nitrogen and oxygen atoms in total. The smallest absolute Gasteiger partial charge is 0.261 e. The molecular weight excluding hydrogens is 295 g/mol. The molecule has 1 aromatic carbocycles. The maximum absolute atomic E-state index is 11.1. The first kappa shape index (κ1) is 13.6. The van der Waals surface area contributed by atoms with Crippen LogP contribution in [0.1, 0.15) is 0 Å². The SMILES string of the molecule is C=CCOc1c(Cl)cc(S(=O)(=O)Cl)cc1Cl. The van der Waals surface area contributed by atoms with Gasteiger partial charge in [0.25, 0.3) is 9.05 Å². The second-order valence-corrected chi connectivity index (χ2v) is 6.13. The van der Waals surface area contributed by atoms with Gasteiger partial charge in [-0.15, -0.1) is 0 Å². The summed E-state index contributed by atoms with van der Waals surface area (Å²) in [4.78, 5) is -0.171. The molecule has 0 saturated heterocycles. The molecule has 0 saturated carbocycles. The number of rotatable bonds is 4. The summed E-state index contributed by atoms with van der Waals surface area (Å²) in [6, 6.07) is 2.35. The van der Waals surface area contributed by atoms with Crippen LogP contribution in [0, 0.1) is 0 Å². The van der Waals surface area contributed by atoms with Crippen molar-refractivity contribution in [2.75, 3.05) is 6.61 Å².